The number of aryl methyl sites for hydroxylation is 2. The number of carbonyl (C=O) groups excluding carboxylic acids is 2. The molecule has 0 aliphatic rings. The monoisotopic (exact) mass is 377 g/mol. The zero-order chi connectivity index (χ0) is 20.1. The summed E-state index contributed by atoms with van der Waals surface area (Å²) in [5, 5.41) is 2.83. The highest BCUT2D eigenvalue weighted by atomic mass is 16.5. The van der Waals surface area contributed by atoms with E-state index in [2.05, 4.69) is 5.32 Å². The third-order valence-electron chi connectivity index (χ3n) is 4.31. The van der Waals surface area contributed by atoms with Gasteiger partial charge in [-0.1, -0.05) is 36.8 Å². The number of ether oxygens (including phenoxy) is 1. The van der Waals surface area contributed by atoms with E-state index >= 15 is 0 Å². The van der Waals surface area contributed by atoms with Crippen molar-refractivity contribution in [2.24, 2.45) is 0 Å². The maximum atomic E-state index is 12.6. The van der Waals surface area contributed by atoms with Gasteiger partial charge in [-0.2, -0.15) is 0 Å². The lowest BCUT2D eigenvalue weighted by Crippen LogP contribution is -2.12. The molecule has 0 spiro atoms. The van der Waals surface area contributed by atoms with Crippen LogP contribution in [0.1, 0.15) is 45.4 Å². The van der Waals surface area contributed by atoms with Crippen molar-refractivity contribution in [1.82, 2.24) is 0 Å². The Kier molecular flexibility index (Phi) is 5.94. The van der Waals surface area contributed by atoms with Crippen molar-refractivity contribution in [1.29, 1.82) is 0 Å². The second-order valence-corrected chi connectivity index (χ2v) is 6.61. The smallest absolute Gasteiger partial charge is 0.338 e. The third-order valence-corrected chi connectivity index (χ3v) is 4.31. The number of amides is 1. The second-order valence-electron chi connectivity index (χ2n) is 6.61. The zero-order valence-corrected chi connectivity index (χ0v) is 16.2. The van der Waals surface area contributed by atoms with Gasteiger partial charge in [0.25, 0.3) is 5.91 Å². The van der Waals surface area contributed by atoms with Crippen LogP contribution in [0.5, 0.6) is 0 Å². The van der Waals surface area contributed by atoms with Gasteiger partial charge in [-0.25, -0.2) is 4.79 Å². The van der Waals surface area contributed by atoms with Crippen molar-refractivity contribution < 1.29 is 18.7 Å². The van der Waals surface area contributed by atoms with E-state index in [9.17, 15) is 9.59 Å². The molecule has 28 heavy (non-hydrogen) atoms. The first-order valence-electron chi connectivity index (χ1n) is 9.24. The maximum Gasteiger partial charge on any atom is 0.338 e. The molecule has 0 fully saturated rings. The summed E-state index contributed by atoms with van der Waals surface area (Å²) in [7, 11) is 0. The van der Waals surface area contributed by atoms with E-state index in [0.29, 0.717) is 34.9 Å². The van der Waals surface area contributed by atoms with E-state index in [-0.39, 0.29) is 11.9 Å². The van der Waals surface area contributed by atoms with Gasteiger partial charge in [-0.15, -0.1) is 0 Å². The van der Waals surface area contributed by atoms with Crippen molar-refractivity contribution in [3.63, 3.8) is 0 Å². The molecular weight excluding hydrogens is 354 g/mol. The van der Waals surface area contributed by atoms with Crippen LogP contribution in [0.2, 0.25) is 0 Å². The van der Waals surface area contributed by atoms with E-state index in [0.717, 1.165) is 17.5 Å². The second kappa shape index (κ2) is 8.57. The van der Waals surface area contributed by atoms with Gasteiger partial charge in [0.1, 0.15) is 11.5 Å². The Morgan fingerprint density at radius 3 is 2.32 bits per heavy atom. The standard InChI is InChI=1S/C23H23NO4/c1-4-13-27-23(26)18-9-11-19(12-10-18)24-22(25)20-14-21(28-16(20)3)17-7-5-15(2)6-8-17/h5-12,14H,4,13H2,1-3H3,(H,24,25). The molecule has 5 heteroatoms. The van der Waals surface area contributed by atoms with Crippen molar-refractivity contribution in [3.8, 4) is 11.3 Å². The van der Waals surface area contributed by atoms with Gasteiger partial charge in [-0.3, -0.25) is 4.79 Å². The Morgan fingerprint density at radius 2 is 1.68 bits per heavy atom. The van der Waals surface area contributed by atoms with Crippen LogP contribution in [0.4, 0.5) is 5.69 Å². The summed E-state index contributed by atoms with van der Waals surface area (Å²) < 4.78 is 10.9. The SMILES string of the molecule is CCCOC(=O)c1ccc(NC(=O)c2cc(-c3ccc(C)cc3)oc2C)cc1. The molecule has 1 N–H and O–H groups in total. The highest BCUT2D eigenvalue weighted by molar-refractivity contribution is 6.05. The highest BCUT2D eigenvalue weighted by Crippen LogP contribution is 2.26. The Labute approximate surface area is 164 Å². The molecule has 5 nitrogen and oxygen atoms in total. The van der Waals surface area contributed by atoms with Crippen LogP contribution in [-0.4, -0.2) is 18.5 Å². The van der Waals surface area contributed by atoms with E-state index in [1.54, 1.807) is 37.3 Å². The van der Waals surface area contributed by atoms with Gasteiger partial charge < -0.3 is 14.5 Å². The lowest BCUT2D eigenvalue weighted by molar-refractivity contribution is 0.0505. The van der Waals surface area contributed by atoms with Crippen LogP contribution < -0.4 is 5.32 Å². The summed E-state index contributed by atoms with van der Waals surface area (Å²) in [6.07, 6.45) is 0.772. The summed E-state index contributed by atoms with van der Waals surface area (Å²) in [6.45, 7) is 6.11. The fourth-order valence-electron chi connectivity index (χ4n) is 2.73. The minimum atomic E-state index is -0.367. The summed E-state index contributed by atoms with van der Waals surface area (Å²) in [4.78, 5) is 24.5. The van der Waals surface area contributed by atoms with Gasteiger partial charge in [0, 0.05) is 11.3 Å². The predicted molar refractivity (Wildman–Crippen MR) is 109 cm³/mol. The van der Waals surface area contributed by atoms with Crippen LogP contribution in [0.3, 0.4) is 0 Å². The molecule has 0 bridgehead atoms. The van der Waals surface area contributed by atoms with Crippen LogP contribution in [0.25, 0.3) is 11.3 Å². The van der Waals surface area contributed by atoms with Gasteiger partial charge in [-0.05, 0) is 50.6 Å². The molecule has 0 unspecified atom stereocenters. The molecule has 0 radical (unpaired) electrons. The normalized spacial score (nSPS) is 10.5. The quantitative estimate of drug-likeness (QED) is 0.585. The van der Waals surface area contributed by atoms with Crippen LogP contribution in [0.15, 0.2) is 59.0 Å². The molecule has 0 aliphatic carbocycles. The van der Waals surface area contributed by atoms with E-state index in [1.807, 2.05) is 38.1 Å². The number of esters is 1. The van der Waals surface area contributed by atoms with E-state index < -0.39 is 0 Å². The Hall–Kier alpha value is -3.34. The Balaban J connectivity index is 1.71. The Morgan fingerprint density at radius 1 is 1.00 bits per heavy atom. The predicted octanol–water partition coefficient (Wildman–Crippen LogP) is 5.38. The van der Waals surface area contributed by atoms with E-state index in [1.165, 1.54) is 0 Å². The molecular formula is C23H23NO4. The molecule has 3 rings (SSSR count). The molecule has 0 saturated heterocycles. The molecule has 0 atom stereocenters. The number of benzene rings is 2. The number of hydrogen-bond donors (Lipinski definition) is 1. The van der Waals surface area contributed by atoms with Crippen molar-refractivity contribution >= 4 is 17.6 Å². The van der Waals surface area contributed by atoms with Crippen LogP contribution >= 0.6 is 0 Å². The van der Waals surface area contributed by atoms with Crippen molar-refractivity contribution in [2.45, 2.75) is 27.2 Å². The third kappa shape index (κ3) is 4.49. The lowest BCUT2D eigenvalue weighted by atomic mass is 10.1. The minimum Gasteiger partial charge on any atom is -0.462 e. The maximum absolute atomic E-state index is 12.6. The number of hydrogen-bond acceptors (Lipinski definition) is 4. The van der Waals surface area contributed by atoms with E-state index in [4.69, 9.17) is 9.15 Å². The van der Waals surface area contributed by atoms with Crippen LogP contribution in [-0.2, 0) is 4.74 Å². The molecule has 1 aromatic heterocycles. The first kappa shape index (κ1) is 19.4. The van der Waals surface area contributed by atoms with Gasteiger partial charge in [0.2, 0.25) is 0 Å². The molecule has 0 aliphatic heterocycles. The molecule has 2 aromatic carbocycles. The topological polar surface area (TPSA) is 68.5 Å². The molecule has 1 heterocycles. The molecule has 3 aromatic rings. The average Bonchev–Trinajstić information content (AvgIpc) is 3.09. The fourth-order valence-corrected chi connectivity index (χ4v) is 2.73. The van der Waals surface area contributed by atoms with Gasteiger partial charge >= 0.3 is 5.97 Å². The first-order chi connectivity index (χ1) is 13.5. The first-order valence-corrected chi connectivity index (χ1v) is 9.24. The summed E-state index contributed by atoms with van der Waals surface area (Å²) in [5.74, 6) is 0.568. The number of carbonyl (C=O) groups is 2. The fraction of sp³-hybridized carbons (Fsp3) is 0.217. The summed E-state index contributed by atoms with van der Waals surface area (Å²) in [6, 6.07) is 16.3. The largest absolute Gasteiger partial charge is 0.462 e. The molecule has 144 valence electrons. The minimum absolute atomic E-state index is 0.263. The molecule has 1 amide bonds. The lowest BCUT2D eigenvalue weighted by Gasteiger charge is -2.06. The average molecular weight is 377 g/mol. The highest BCUT2D eigenvalue weighted by Gasteiger charge is 2.16. The zero-order valence-electron chi connectivity index (χ0n) is 16.2. The van der Waals surface area contributed by atoms with Crippen LogP contribution in [0, 0.1) is 13.8 Å². The number of rotatable bonds is 6. The number of furan rings is 1. The van der Waals surface area contributed by atoms with Crippen molar-refractivity contribution in [3.05, 3.63) is 77.0 Å². The molecule has 0 saturated carbocycles. The Bertz CT molecular complexity index is 969. The number of anilines is 1. The summed E-state index contributed by atoms with van der Waals surface area (Å²) >= 11 is 0. The summed E-state index contributed by atoms with van der Waals surface area (Å²) in [5.41, 5.74) is 3.60. The van der Waals surface area contributed by atoms with Gasteiger partial charge in [0.05, 0.1) is 17.7 Å². The van der Waals surface area contributed by atoms with Gasteiger partial charge in [0.15, 0.2) is 0 Å². The number of nitrogens with one attached hydrogen (secondary N) is 1. The van der Waals surface area contributed by atoms with Crippen molar-refractivity contribution in [2.75, 3.05) is 11.9 Å².